The highest BCUT2D eigenvalue weighted by molar-refractivity contribution is 14.1. The van der Waals surface area contributed by atoms with Crippen molar-refractivity contribution in [1.29, 1.82) is 0 Å². The maximum absolute atomic E-state index is 11.5. The van der Waals surface area contributed by atoms with Gasteiger partial charge >= 0.3 is 0 Å². The van der Waals surface area contributed by atoms with E-state index >= 15 is 0 Å². The molecule has 0 aliphatic rings. The first kappa shape index (κ1) is 14.4. The van der Waals surface area contributed by atoms with E-state index in [2.05, 4.69) is 32.8 Å². The molecule has 2 aromatic rings. The molecule has 0 aliphatic heterocycles. The van der Waals surface area contributed by atoms with Crippen LogP contribution in [-0.2, 0) is 16.6 Å². The molecule has 0 spiro atoms. The second-order valence-corrected chi connectivity index (χ2v) is 6.60. The van der Waals surface area contributed by atoms with Crippen LogP contribution in [0, 0.1) is 3.57 Å². The summed E-state index contributed by atoms with van der Waals surface area (Å²) in [5, 5.41) is 12.7. The molecule has 0 fully saturated rings. The Labute approximate surface area is 125 Å². The second kappa shape index (κ2) is 5.55. The molecule has 0 aliphatic carbocycles. The number of nitrogens with two attached hydrogens (primary N) is 1. The van der Waals surface area contributed by atoms with Crippen LogP contribution in [0.3, 0.4) is 0 Å². The molecule has 0 atom stereocenters. The number of nitrogens with zero attached hydrogens (tertiary/aromatic N) is 3. The van der Waals surface area contributed by atoms with Crippen LogP contribution >= 0.6 is 22.6 Å². The van der Waals surface area contributed by atoms with E-state index in [1.54, 1.807) is 4.57 Å². The van der Waals surface area contributed by atoms with E-state index in [0.717, 1.165) is 15.6 Å². The summed E-state index contributed by atoms with van der Waals surface area (Å²) in [6.45, 7) is 2.45. The molecule has 2 rings (SSSR count). The van der Waals surface area contributed by atoms with E-state index in [9.17, 15) is 8.42 Å². The summed E-state index contributed by atoms with van der Waals surface area (Å²) >= 11 is 2.18. The van der Waals surface area contributed by atoms with Crippen molar-refractivity contribution in [2.45, 2.75) is 25.0 Å². The van der Waals surface area contributed by atoms with Gasteiger partial charge in [0, 0.05) is 15.7 Å². The lowest BCUT2D eigenvalue weighted by molar-refractivity contribution is 0.559. The van der Waals surface area contributed by atoms with Crippen molar-refractivity contribution >= 4 is 32.6 Å². The highest BCUT2D eigenvalue weighted by Crippen LogP contribution is 2.25. The molecule has 0 bridgehead atoms. The second-order valence-electron chi connectivity index (χ2n) is 3.98. The molecule has 1 aromatic carbocycles. The average Bonchev–Trinajstić information content (AvgIpc) is 2.74. The molecule has 0 saturated heterocycles. The minimum absolute atomic E-state index is 0.191. The zero-order valence-corrected chi connectivity index (χ0v) is 13.2. The van der Waals surface area contributed by atoms with Crippen LogP contribution in [0.15, 0.2) is 29.4 Å². The largest absolute Gasteiger partial charge is 0.297 e. The molecule has 0 unspecified atom stereocenters. The van der Waals surface area contributed by atoms with Gasteiger partial charge in [-0.2, -0.15) is 0 Å². The Kier molecular flexibility index (Phi) is 4.21. The highest BCUT2D eigenvalue weighted by atomic mass is 127. The number of sulfonamides is 1. The van der Waals surface area contributed by atoms with Gasteiger partial charge in [-0.05, 0) is 35.1 Å². The third-order valence-electron chi connectivity index (χ3n) is 2.53. The Bertz CT molecular complexity index is 696. The van der Waals surface area contributed by atoms with Crippen molar-refractivity contribution in [1.82, 2.24) is 14.8 Å². The summed E-state index contributed by atoms with van der Waals surface area (Å²) < 4.78 is 25.5. The van der Waals surface area contributed by atoms with Crippen LogP contribution < -0.4 is 5.14 Å². The number of primary sulfonamides is 1. The minimum Gasteiger partial charge on any atom is -0.297 e. The molecule has 0 radical (unpaired) electrons. The molecule has 19 heavy (non-hydrogen) atoms. The molecule has 0 amide bonds. The van der Waals surface area contributed by atoms with Crippen molar-refractivity contribution in [3.63, 3.8) is 0 Å². The quantitative estimate of drug-likeness (QED) is 0.801. The Balaban J connectivity index is 2.66. The maximum atomic E-state index is 11.5. The van der Waals surface area contributed by atoms with E-state index in [4.69, 9.17) is 5.14 Å². The summed E-state index contributed by atoms with van der Waals surface area (Å²) in [5.74, 6) is 0.524. The molecule has 8 heteroatoms. The van der Waals surface area contributed by atoms with Crippen LogP contribution in [0.2, 0.25) is 0 Å². The van der Waals surface area contributed by atoms with Gasteiger partial charge in [0.1, 0.15) is 0 Å². The van der Waals surface area contributed by atoms with Crippen molar-refractivity contribution in [3.05, 3.63) is 27.8 Å². The number of hydrogen-bond donors (Lipinski definition) is 1. The van der Waals surface area contributed by atoms with E-state index in [1.807, 2.05) is 31.2 Å². The fourth-order valence-electron chi connectivity index (χ4n) is 1.77. The van der Waals surface area contributed by atoms with E-state index in [-0.39, 0.29) is 5.16 Å². The van der Waals surface area contributed by atoms with Crippen molar-refractivity contribution in [2.75, 3.05) is 0 Å². The smallest absolute Gasteiger partial charge is 0.273 e. The number of hydrogen-bond acceptors (Lipinski definition) is 4. The van der Waals surface area contributed by atoms with Gasteiger partial charge in [-0.25, -0.2) is 13.6 Å². The van der Waals surface area contributed by atoms with Crippen LogP contribution in [0.25, 0.3) is 11.4 Å². The Morgan fingerprint density at radius 3 is 2.58 bits per heavy atom. The van der Waals surface area contributed by atoms with Gasteiger partial charge in [-0.1, -0.05) is 25.1 Å². The Hall–Kier alpha value is -1.00. The van der Waals surface area contributed by atoms with E-state index in [0.29, 0.717) is 12.4 Å². The molecule has 0 saturated carbocycles. The summed E-state index contributed by atoms with van der Waals surface area (Å²) in [7, 11) is -3.87. The summed E-state index contributed by atoms with van der Waals surface area (Å²) in [6.07, 6.45) is 0.761. The van der Waals surface area contributed by atoms with Crippen LogP contribution in [0.1, 0.15) is 13.3 Å². The molecule has 1 aromatic heterocycles. The number of aromatic nitrogens is 3. The Morgan fingerprint density at radius 2 is 2.00 bits per heavy atom. The van der Waals surface area contributed by atoms with Crippen LogP contribution in [0.5, 0.6) is 0 Å². The van der Waals surface area contributed by atoms with Crippen molar-refractivity contribution < 1.29 is 8.42 Å². The molecular weight excluding hydrogens is 379 g/mol. The van der Waals surface area contributed by atoms with Gasteiger partial charge in [0.25, 0.3) is 15.2 Å². The normalized spacial score (nSPS) is 11.7. The topological polar surface area (TPSA) is 90.9 Å². The maximum Gasteiger partial charge on any atom is 0.273 e. The molecule has 2 N–H and O–H groups in total. The molecule has 1 heterocycles. The van der Waals surface area contributed by atoms with Gasteiger partial charge in [0.15, 0.2) is 5.82 Å². The zero-order valence-electron chi connectivity index (χ0n) is 10.2. The summed E-state index contributed by atoms with van der Waals surface area (Å²) in [6, 6.07) is 7.59. The standard InChI is InChI=1S/C11H13IN4O2S/c1-2-7-16-10(8-5-3-4-6-9(8)12)14-15-11(16)19(13,17)18/h3-6H,2,7H2,1H3,(H2,13,17,18). The van der Waals surface area contributed by atoms with Gasteiger partial charge in [0.05, 0.1) is 0 Å². The van der Waals surface area contributed by atoms with Gasteiger partial charge in [0.2, 0.25) is 0 Å². The number of rotatable bonds is 4. The first-order valence-corrected chi connectivity index (χ1v) is 8.28. The first-order chi connectivity index (χ1) is 8.95. The predicted octanol–water partition coefficient (Wildman–Crippen LogP) is 1.61. The van der Waals surface area contributed by atoms with Crippen molar-refractivity contribution in [2.24, 2.45) is 5.14 Å². The first-order valence-electron chi connectivity index (χ1n) is 5.66. The third kappa shape index (κ3) is 2.95. The van der Waals surface area contributed by atoms with Gasteiger partial charge < -0.3 is 0 Å². The lowest BCUT2D eigenvalue weighted by Crippen LogP contribution is -2.19. The number of benzene rings is 1. The highest BCUT2D eigenvalue weighted by Gasteiger charge is 2.22. The monoisotopic (exact) mass is 392 g/mol. The zero-order chi connectivity index (χ0) is 14.0. The van der Waals surface area contributed by atoms with Gasteiger partial charge in [-0.3, -0.25) is 4.57 Å². The van der Waals surface area contributed by atoms with Crippen LogP contribution in [0.4, 0.5) is 0 Å². The lowest BCUT2D eigenvalue weighted by Gasteiger charge is -2.08. The number of halogens is 1. The minimum atomic E-state index is -3.87. The fourth-order valence-corrected chi connectivity index (χ4v) is 3.03. The van der Waals surface area contributed by atoms with Gasteiger partial charge in [-0.15, -0.1) is 10.2 Å². The average molecular weight is 392 g/mol. The molecule has 6 nitrogen and oxygen atoms in total. The summed E-state index contributed by atoms with van der Waals surface area (Å²) in [5.41, 5.74) is 0.846. The predicted molar refractivity (Wildman–Crippen MR) is 79.8 cm³/mol. The summed E-state index contributed by atoms with van der Waals surface area (Å²) in [4.78, 5) is 0. The van der Waals surface area contributed by atoms with Crippen LogP contribution in [-0.4, -0.2) is 23.2 Å². The Morgan fingerprint density at radius 1 is 1.32 bits per heavy atom. The SMILES string of the molecule is CCCn1c(-c2ccccc2I)nnc1S(N)(=O)=O. The van der Waals surface area contributed by atoms with E-state index in [1.165, 1.54) is 0 Å². The lowest BCUT2D eigenvalue weighted by atomic mass is 10.2. The van der Waals surface area contributed by atoms with E-state index < -0.39 is 10.0 Å². The fraction of sp³-hybridized carbons (Fsp3) is 0.273. The molecule has 102 valence electrons. The molecular formula is C11H13IN4O2S. The third-order valence-corrected chi connectivity index (χ3v) is 4.28. The van der Waals surface area contributed by atoms with Crippen molar-refractivity contribution in [3.8, 4) is 11.4 Å².